The number of hydrogen-bond acceptors (Lipinski definition) is 7. The molecule has 0 aliphatic carbocycles. The van der Waals surface area contributed by atoms with Crippen molar-refractivity contribution in [2.75, 3.05) is 29.9 Å². The zero-order chi connectivity index (χ0) is 29.8. The van der Waals surface area contributed by atoms with Gasteiger partial charge in [0.15, 0.2) is 4.80 Å². The van der Waals surface area contributed by atoms with Crippen LogP contribution in [-0.2, 0) is 4.79 Å². The van der Waals surface area contributed by atoms with E-state index in [2.05, 4.69) is 24.1 Å². The van der Waals surface area contributed by atoms with Crippen LogP contribution in [0.4, 0.5) is 11.4 Å². The lowest BCUT2D eigenvalue weighted by molar-refractivity contribution is -0.113. The number of aromatic nitrogens is 1. The number of ether oxygens (including phenoxy) is 1. The van der Waals surface area contributed by atoms with Crippen LogP contribution in [0.5, 0.6) is 11.5 Å². The highest BCUT2D eigenvalue weighted by Crippen LogP contribution is 2.32. The van der Waals surface area contributed by atoms with Gasteiger partial charge < -0.3 is 20.1 Å². The van der Waals surface area contributed by atoms with Gasteiger partial charge in [-0.25, -0.2) is 4.99 Å². The standard InChI is InChI=1S/C33H34N4O4S/c1-5-36(6-2)25-16-13-23(27(38)20-25)19-28-32(40)37-30(22-14-17-26(18-15-22)41-7-3)29(21(4)34-33(37)42-28)31(39)35-24-11-9-8-10-12-24/h8-20,30,38H,5-7H2,1-4H3,(H,35,39)/b28-19-/t30-/m0/s1. The van der Waals surface area contributed by atoms with Crippen LogP contribution in [0.15, 0.2) is 93.9 Å². The molecule has 2 N–H and O–H groups in total. The summed E-state index contributed by atoms with van der Waals surface area (Å²) in [5.74, 6) is 0.459. The number of aromatic hydroxyl groups is 1. The van der Waals surface area contributed by atoms with Gasteiger partial charge in [0.05, 0.1) is 28.5 Å². The Hall–Kier alpha value is -4.63. The topological polar surface area (TPSA) is 96.2 Å². The monoisotopic (exact) mass is 582 g/mol. The third-order valence-electron chi connectivity index (χ3n) is 7.23. The first-order chi connectivity index (χ1) is 20.3. The minimum atomic E-state index is -0.707. The average Bonchev–Trinajstić information content (AvgIpc) is 3.29. The van der Waals surface area contributed by atoms with Crippen molar-refractivity contribution in [3.8, 4) is 11.5 Å². The van der Waals surface area contributed by atoms with Crippen molar-refractivity contribution in [1.82, 2.24) is 4.57 Å². The number of phenols is 1. The summed E-state index contributed by atoms with van der Waals surface area (Å²) in [6.45, 7) is 9.99. The number of anilines is 2. The molecular weight excluding hydrogens is 548 g/mol. The fourth-order valence-corrected chi connectivity index (χ4v) is 6.18. The second kappa shape index (κ2) is 12.5. The SMILES string of the molecule is CCOc1ccc([C@H]2C(C(=O)Nc3ccccc3)=C(C)N=c3s/c(=C\c4ccc(N(CC)CC)cc4O)c(=O)n32)cc1. The molecule has 1 aromatic heterocycles. The highest BCUT2D eigenvalue weighted by Gasteiger charge is 2.32. The van der Waals surface area contributed by atoms with Crippen molar-refractivity contribution in [1.29, 1.82) is 0 Å². The molecule has 42 heavy (non-hydrogen) atoms. The summed E-state index contributed by atoms with van der Waals surface area (Å²) in [5, 5.41) is 13.8. The second-order valence-electron chi connectivity index (χ2n) is 9.82. The number of amides is 1. The lowest BCUT2D eigenvalue weighted by Crippen LogP contribution is -2.40. The molecule has 0 saturated heterocycles. The van der Waals surface area contributed by atoms with Gasteiger partial charge in [-0.3, -0.25) is 14.2 Å². The second-order valence-corrected chi connectivity index (χ2v) is 10.8. The molecule has 3 aromatic carbocycles. The normalized spacial score (nSPS) is 14.8. The lowest BCUT2D eigenvalue weighted by atomic mass is 9.95. The maximum Gasteiger partial charge on any atom is 0.271 e. The van der Waals surface area contributed by atoms with Gasteiger partial charge in [0.1, 0.15) is 11.5 Å². The van der Waals surface area contributed by atoms with Gasteiger partial charge in [-0.1, -0.05) is 41.7 Å². The van der Waals surface area contributed by atoms with Gasteiger partial charge >= 0.3 is 0 Å². The van der Waals surface area contributed by atoms with Crippen molar-refractivity contribution < 1.29 is 14.6 Å². The van der Waals surface area contributed by atoms with Crippen LogP contribution < -0.4 is 29.8 Å². The number of allylic oxidation sites excluding steroid dienone is 1. The summed E-state index contributed by atoms with van der Waals surface area (Å²) >= 11 is 1.23. The van der Waals surface area contributed by atoms with E-state index in [4.69, 9.17) is 9.73 Å². The smallest absolute Gasteiger partial charge is 0.271 e. The Morgan fingerprint density at radius 1 is 1.07 bits per heavy atom. The molecular formula is C33H34N4O4S. The summed E-state index contributed by atoms with van der Waals surface area (Å²) in [7, 11) is 0. The minimum Gasteiger partial charge on any atom is -0.507 e. The fraction of sp³-hybridized carbons (Fsp3) is 0.242. The molecule has 1 aliphatic rings. The largest absolute Gasteiger partial charge is 0.507 e. The molecule has 5 rings (SSSR count). The Balaban J connectivity index is 1.62. The Morgan fingerprint density at radius 3 is 2.43 bits per heavy atom. The number of nitrogens with zero attached hydrogens (tertiary/aromatic N) is 3. The molecule has 2 heterocycles. The quantitative estimate of drug-likeness (QED) is 0.295. The number of hydrogen-bond donors (Lipinski definition) is 2. The molecule has 1 aliphatic heterocycles. The zero-order valence-electron chi connectivity index (χ0n) is 24.1. The molecule has 1 atom stereocenters. The number of benzene rings is 3. The molecule has 0 bridgehead atoms. The number of fused-ring (bicyclic) bond motifs is 1. The Labute approximate surface area is 248 Å². The van der Waals surface area contributed by atoms with Crippen LogP contribution in [0.25, 0.3) is 6.08 Å². The first-order valence-electron chi connectivity index (χ1n) is 14.0. The Bertz CT molecular complexity index is 1800. The van der Waals surface area contributed by atoms with Crippen LogP contribution in [0.1, 0.15) is 44.9 Å². The van der Waals surface area contributed by atoms with Gasteiger partial charge in [0.25, 0.3) is 11.5 Å². The molecule has 0 saturated carbocycles. The molecule has 0 spiro atoms. The number of thiazole rings is 1. The predicted octanol–water partition coefficient (Wildman–Crippen LogP) is 4.82. The van der Waals surface area contributed by atoms with Crippen LogP contribution in [0.3, 0.4) is 0 Å². The highest BCUT2D eigenvalue weighted by molar-refractivity contribution is 7.07. The van der Waals surface area contributed by atoms with Gasteiger partial charge in [0, 0.05) is 36.1 Å². The lowest BCUT2D eigenvalue weighted by Gasteiger charge is -2.25. The van der Waals surface area contributed by atoms with E-state index in [1.54, 1.807) is 23.6 Å². The molecule has 216 valence electrons. The molecule has 4 aromatic rings. The molecule has 0 fully saturated rings. The van der Waals surface area contributed by atoms with Gasteiger partial charge in [-0.15, -0.1) is 0 Å². The van der Waals surface area contributed by atoms with Crippen LogP contribution in [0.2, 0.25) is 0 Å². The first-order valence-corrected chi connectivity index (χ1v) is 14.9. The van der Waals surface area contributed by atoms with E-state index in [1.165, 1.54) is 11.3 Å². The number of carbonyl (C=O) groups excluding carboxylic acids is 1. The number of phenolic OH excluding ortho intramolecular Hbond substituents is 1. The van der Waals surface area contributed by atoms with E-state index < -0.39 is 6.04 Å². The van der Waals surface area contributed by atoms with Gasteiger partial charge in [-0.2, -0.15) is 0 Å². The third-order valence-corrected chi connectivity index (χ3v) is 8.22. The van der Waals surface area contributed by atoms with E-state index >= 15 is 0 Å². The summed E-state index contributed by atoms with van der Waals surface area (Å²) in [6.07, 6.45) is 1.68. The summed E-state index contributed by atoms with van der Waals surface area (Å²) in [6, 6.07) is 21.4. The van der Waals surface area contributed by atoms with Crippen molar-refractivity contribution in [3.05, 3.63) is 115 Å². The summed E-state index contributed by atoms with van der Waals surface area (Å²) in [4.78, 5) is 35.0. The number of rotatable bonds is 9. The first kappa shape index (κ1) is 28.9. The van der Waals surface area contributed by atoms with Gasteiger partial charge in [-0.05, 0) is 75.7 Å². The number of para-hydroxylation sites is 1. The highest BCUT2D eigenvalue weighted by atomic mass is 32.1. The predicted molar refractivity (Wildman–Crippen MR) is 168 cm³/mol. The third kappa shape index (κ3) is 5.73. The van der Waals surface area contributed by atoms with Crippen molar-refractivity contribution >= 4 is 34.7 Å². The summed E-state index contributed by atoms with van der Waals surface area (Å²) < 4.78 is 7.61. The fourth-order valence-electron chi connectivity index (χ4n) is 5.14. The summed E-state index contributed by atoms with van der Waals surface area (Å²) in [5.41, 5.74) is 3.47. The van der Waals surface area contributed by atoms with E-state index in [-0.39, 0.29) is 17.2 Å². The molecule has 9 heteroatoms. The van der Waals surface area contributed by atoms with Crippen LogP contribution in [0, 0.1) is 0 Å². The minimum absolute atomic E-state index is 0.0902. The molecule has 1 amide bonds. The maximum absolute atomic E-state index is 14.0. The maximum atomic E-state index is 14.0. The number of carbonyl (C=O) groups is 1. The molecule has 0 unspecified atom stereocenters. The van der Waals surface area contributed by atoms with Crippen molar-refractivity contribution in [2.45, 2.75) is 33.7 Å². The molecule has 0 radical (unpaired) electrons. The van der Waals surface area contributed by atoms with Crippen molar-refractivity contribution in [2.24, 2.45) is 4.99 Å². The number of nitrogens with one attached hydrogen (secondary N) is 1. The average molecular weight is 583 g/mol. The Kier molecular flexibility index (Phi) is 8.59. The van der Waals surface area contributed by atoms with E-state index in [9.17, 15) is 14.7 Å². The van der Waals surface area contributed by atoms with E-state index in [0.29, 0.717) is 44.2 Å². The van der Waals surface area contributed by atoms with Crippen LogP contribution in [-0.4, -0.2) is 35.3 Å². The molecule has 8 nitrogen and oxygen atoms in total. The van der Waals surface area contributed by atoms with Crippen molar-refractivity contribution in [3.63, 3.8) is 0 Å². The van der Waals surface area contributed by atoms with E-state index in [0.717, 1.165) is 24.3 Å². The Morgan fingerprint density at radius 2 is 1.79 bits per heavy atom. The zero-order valence-corrected chi connectivity index (χ0v) is 24.9. The van der Waals surface area contributed by atoms with Gasteiger partial charge in [0.2, 0.25) is 0 Å². The van der Waals surface area contributed by atoms with Crippen LogP contribution >= 0.6 is 11.3 Å². The van der Waals surface area contributed by atoms with E-state index in [1.807, 2.05) is 73.7 Å².